The lowest BCUT2D eigenvalue weighted by atomic mass is 10.1. The predicted molar refractivity (Wildman–Crippen MR) is 91.5 cm³/mol. The Morgan fingerprint density at radius 2 is 2.18 bits per heavy atom. The average molecular weight is 325 g/mol. The number of morpholine rings is 1. The van der Waals surface area contributed by atoms with Gasteiger partial charge in [0.05, 0.1) is 13.2 Å². The Morgan fingerprint density at radius 1 is 1.36 bits per heavy atom. The second kappa shape index (κ2) is 9.66. The number of aliphatic imine (C=N–C) groups is 1. The topological polar surface area (TPSA) is 62.9 Å². The molecule has 0 aromatic heterocycles. The molecule has 3 N–H and O–H groups in total. The first-order valence-electron chi connectivity index (χ1n) is 7.82. The lowest BCUT2D eigenvalue weighted by Crippen LogP contribution is -2.37. The van der Waals surface area contributed by atoms with Crippen molar-refractivity contribution in [2.45, 2.75) is 12.8 Å². The van der Waals surface area contributed by atoms with E-state index in [2.05, 4.69) is 21.3 Å². The highest BCUT2D eigenvalue weighted by atomic mass is 35.5. The van der Waals surface area contributed by atoms with Gasteiger partial charge in [0, 0.05) is 37.7 Å². The van der Waals surface area contributed by atoms with E-state index in [1.165, 1.54) is 5.56 Å². The number of nitrogens with zero attached hydrogens (tertiary/aromatic N) is 2. The molecule has 0 unspecified atom stereocenters. The number of ether oxygens (including phenoxy) is 1. The smallest absolute Gasteiger partial charge is 0.188 e. The van der Waals surface area contributed by atoms with E-state index in [1.54, 1.807) is 0 Å². The first-order valence-corrected chi connectivity index (χ1v) is 8.20. The molecule has 22 heavy (non-hydrogen) atoms. The molecule has 0 amide bonds. The van der Waals surface area contributed by atoms with Crippen molar-refractivity contribution in [2.75, 3.05) is 45.9 Å². The van der Waals surface area contributed by atoms with Crippen LogP contribution < -0.4 is 11.1 Å². The minimum absolute atomic E-state index is 0.518. The zero-order chi connectivity index (χ0) is 15.6. The van der Waals surface area contributed by atoms with Crippen LogP contribution in [-0.2, 0) is 11.2 Å². The van der Waals surface area contributed by atoms with Crippen LogP contribution in [0.15, 0.2) is 29.3 Å². The zero-order valence-electron chi connectivity index (χ0n) is 12.9. The molecule has 5 nitrogen and oxygen atoms in total. The van der Waals surface area contributed by atoms with E-state index in [-0.39, 0.29) is 0 Å². The molecule has 0 spiro atoms. The van der Waals surface area contributed by atoms with E-state index in [0.717, 1.165) is 63.8 Å². The average Bonchev–Trinajstić information content (AvgIpc) is 2.53. The summed E-state index contributed by atoms with van der Waals surface area (Å²) < 4.78 is 5.32. The van der Waals surface area contributed by atoms with Crippen molar-refractivity contribution in [2.24, 2.45) is 10.7 Å². The van der Waals surface area contributed by atoms with Gasteiger partial charge in [0.2, 0.25) is 0 Å². The Balaban J connectivity index is 1.57. The van der Waals surface area contributed by atoms with Crippen molar-refractivity contribution in [3.05, 3.63) is 34.9 Å². The summed E-state index contributed by atoms with van der Waals surface area (Å²) in [5.74, 6) is 0.518. The van der Waals surface area contributed by atoms with Gasteiger partial charge in [-0.3, -0.25) is 9.89 Å². The number of nitrogens with one attached hydrogen (secondary N) is 1. The van der Waals surface area contributed by atoms with E-state index in [0.29, 0.717) is 5.96 Å². The number of guanidine groups is 1. The largest absolute Gasteiger partial charge is 0.379 e. The van der Waals surface area contributed by atoms with Crippen LogP contribution in [0.5, 0.6) is 0 Å². The van der Waals surface area contributed by atoms with Crippen LogP contribution in [-0.4, -0.2) is 56.8 Å². The van der Waals surface area contributed by atoms with Crippen LogP contribution in [0.25, 0.3) is 0 Å². The summed E-state index contributed by atoms with van der Waals surface area (Å²) in [5, 5.41) is 3.91. The van der Waals surface area contributed by atoms with Crippen LogP contribution in [0, 0.1) is 0 Å². The minimum atomic E-state index is 0.518. The first-order chi connectivity index (χ1) is 10.7. The molecule has 1 saturated heterocycles. The van der Waals surface area contributed by atoms with Crippen molar-refractivity contribution < 1.29 is 4.74 Å². The fraction of sp³-hybridized carbons (Fsp3) is 0.562. The van der Waals surface area contributed by atoms with E-state index < -0.39 is 0 Å². The molecule has 0 bridgehead atoms. The van der Waals surface area contributed by atoms with E-state index in [4.69, 9.17) is 22.1 Å². The molecule has 122 valence electrons. The molecule has 0 aliphatic carbocycles. The van der Waals surface area contributed by atoms with Crippen LogP contribution >= 0.6 is 11.6 Å². The van der Waals surface area contributed by atoms with Crippen molar-refractivity contribution in [1.29, 1.82) is 0 Å². The van der Waals surface area contributed by atoms with E-state index in [9.17, 15) is 0 Å². The van der Waals surface area contributed by atoms with Crippen molar-refractivity contribution in [3.8, 4) is 0 Å². The molecular weight excluding hydrogens is 300 g/mol. The van der Waals surface area contributed by atoms with Crippen LogP contribution in [0.1, 0.15) is 12.0 Å². The first kappa shape index (κ1) is 17.1. The van der Waals surface area contributed by atoms with Crippen LogP contribution in [0.4, 0.5) is 0 Å². The molecule has 1 aromatic rings. The molecule has 1 fully saturated rings. The Kier molecular flexibility index (Phi) is 7.49. The van der Waals surface area contributed by atoms with Gasteiger partial charge in [0.15, 0.2) is 5.96 Å². The number of rotatable bonds is 7. The van der Waals surface area contributed by atoms with E-state index in [1.807, 2.05) is 18.2 Å². The number of nitrogens with two attached hydrogens (primary N) is 1. The van der Waals surface area contributed by atoms with Gasteiger partial charge in [-0.05, 0) is 30.5 Å². The summed E-state index contributed by atoms with van der Waals surface area (Å²) in [4.78, 5) is 6.76. The summed E-state index contributed by atoms with van der Waals surface area (Å²) >= 11 is 5.95. The molecule has 0 atom stereocenters. The monoisotopic (exact) mass is 324 g/mol. The summed E-state index contributed by atoms with van der Waals surface area (Å²) in [6.45, 7) is 6.32. The maximum atomic E-state index is 5.95. The maximum Gasteiger partial charge on any atom is 0.188 e. The number of halogens is 1. The lowest BCUT2D eigenvalue weighted by Gasteiger charge is -2.26. The Bertz CT molecular complexity index is 475. The summed E-state index contributed by atoms with van der Waals surface area (Å²) in [6, 6.07) is 7.87. The number of benzene rings is 1. The van der Waals surface area contributed by atoms with Gasteiger partial charge >= 0.3 is 0 Å². The normalized spacial score (nSPS) is 16.7. The lowest BCUT2D eigenvalue weighted by molar-refractivity contribution is 0.0377. The van der Waals surface area contributed by atoms with Crippen LogP contribution in [0.2, 0.25) is 5.02 Å². The number of hydrogen-bond acceptors (Lipinski definition) is 3. The Labute approximate surface area is 137 Å². The van der Waals surface area contributed by atoms with Gasteiger partial charge in [0.1, 0.15) is 0 Å². The third-order valence-electron chi connectivity index (χ3n) is 3.63. The predicted octanol–water partition coefficient (Wildman–Crippen LogP) is 1.51. The summed E-state index contributed by atoms with van der Waals surface area (Å²) in [6.07, 6.45) is 1.90. The molecule has 0 radical (unpaired) electrons. The Hall–Kier alpha value is -1.30. The fourth-order valence-electron chi connectivity index (χ4n) is 2.40. The molecule has 2 rings (SSSR count). The molecule has 1 aromatic carbocycles. The summed E-state index contributed by atoms with van der Waals surface area (Å²) in [5.41, 5.74) is 7.06. The number of hydrogen-bond donors (Lipinski definition) is 2. The summed E-state index contributed by atoms with van der Waals surface area (Å²) in [7, 11) is 0. The second-order valence-corrected chi connectivity index (χ2v) is 5.82. The molecular formula is C16H25ClN4O. The Morgan fingerprint density at radius 3 is 2.95 bits per heavy atom. The van der Waals surface area contributed by atoms with Crippen molar-refractivity contribution in [3.63, 3.8) is 0 Å². The highest BCUT2D eigenvalue weighted by molar-refractivity contribution is 6.30. The van der Waals surface area contributed by atoms with Gasteiger partial charge in [-0.25, -0.2) is 0 Å². The van der Waals surface area contributed by atoms with Crippen molar-refractivity contribution >= 4 is 17.6 Å². The molecule has 1 aliphatic rings. The van der Waals surface area contributed by atoms with Gasteiger partial charge < -0.3 is 15.8 Å². The van der Waals surface area contributed by atoms with Gasteiger partial charge in [-0.1, -0.05) is 23.7 Å². The third kappa shape index (κ3) is 6.64. The highest BCUT2D eigenvalue weighted by Gasteiger charge is 2.08. The SMILES string of the molecule is NC(=NCCCN1CCOCC1)NCCc1cccc(Cl)c1. The second-order valence-electron chi connectivity index (χ2n) is 5.38. The molecule has 0 saturated carbocycles. The van der Waals surface area contributed by atoms with Gasteiger partial charge in [0.25, 0.3) is 0 Å². The molecule has 1 heterocycles. The highest BCUT2D eigenvalue weighted by Crippen LogP contribution is 2.10. The van der Waals surface area contributed by atoms with E-state index >= 15 is 0 Å². The molecule has 6 heteroatoms. The fourth-order valence-corrected chi connectivity index (χ4v) is 2.61. The standard InChI is InChI=1S/C16H25ClN4O/c17-15-4-1-3-14(13-15)5-7-20-16(18)19-6-2-8-21-9-11-22-12-10-21/h1,3-4,13H,2,5-12H2,(H3,18,19,20). The van der Waals surface area contributed by atoms with Crippen molar-refractivity contribution in [1.82, 2.24) is 10.2 Å². The quantitative estimate of drug-likeness (QED) is 0.453. The third-order valence-corrected chi connectivity index (χ3v) is 3.86. The van der Waals surface area contributed by atoms with Gasteiger partial charge in [-0.2, -0.15) is 0 Å². The minimum Gasteiger partial charge on any atom is -0.379 e. The van der Waals surface area contributed by atoms with Crippen LogP contribution in [0.3, 0.4) is 0 Å². The maximum absolute atomic E-state index is 5.95. The van der Waals surface area contributed by atoms with Gasteiger partial charge in [-0.15, -0.1) is 0 Å². The zero-order valence-corrected chi connectivity index (χ0v) is 13.7. The molecule has 1 aliphatic heterocycles.